The number of hydrogen-bond donors (Lipinski definition) is 2. The molecule has 0 heterocycles. The Morgan fingerprint density at radius 2 is 1.79 bits per heavy atom. The van der Waals surface area contributed by atoms with Gasteiger partial charge in [-0.15, -0.1) is 0 Å². The Morgan fingerprint density at radius 1 is 1.12 bits per heavy atom. The molecule has 2 N–H and O–H groups in total. The second-order valence-corrected chi connectivity index (χ2v) is 5.08. The molecule has 0 unspecified atom stereocenters. The summed E-state index contributed by atoms with van der Waals surface area (Å²) in [5.74, 6) is -0.685. The molecular weight excluding hydrogens is 306 g/mol. The minimum absolute atomic E-state index is 0.269. The Kier molecular flexibility index (Phi) is 5.53. The number of methoxy groups -OCH3 is 1. The Hall–Kier alpha value is -3.33. The molecule has 1 atom stereocenters. The topological polar surface area (TPSA) is 91.2 Å². The summed E-state index contributed by atoms with van der Waals surface area (Å²) in [6.07, 6.45) is 0. The fourth-order valence-corrected chi connectivity index (χ4v) is 2.07. The summed E-state index contributed by atoms with van der Waals surface area (Å²) < 4.78 is 4.63. The van der Waals surface area contributed by atoms with Crippen molar-refractivity contribution in [3.63, 3.8) is 0 Å². The molecule has 6 nitrogen and oxygen atoms in total. The first-order valence-corrected chi connectivity index (χ1v) is 7.30. The molecule has 0 fully saturated rings. The van der Waals surface area contributed by atoms with Gasteiger partial charge in [0.15, 0.2) is 0 Å². The van der Waals surface area contributed by atoms with Gasteiger partial charge in [0.1, 0.15) is 12.1 Å². The molecule has 0 aromatic heterocycles. The quantitative estimate of drug-likeness (QED) is 0.826. The Morgan fingerprint density at radius 3 is 2.42 bits per heavy atom. The first kappa shape index (κ1) is 17.0. The molecule has 0 bridgehead atoms. The molecule has 0 radical (unpaired) electrons. The van der Waals surface area contributed by atoms with Crippen molar-refractivity contribution in [2.45, 2.75) is 13.0 Å². The highest BCUT2D eigenvalue weighted by atomic mass is 16.5. The second kappa shape index (κ2) is 7.79. The molecule has 6 heteroatoms. The van der Waals surface area contributed by atoms with Gasteiger partial charge in [-0.1, -0.05) is 12.1 Å². The molecule has 122 valence electrons. The smallest absolute Gasteiger partial charge is 0.337 e. The number of nitrogens with one attached hydrogen (secondary N) is 2. The van der Waals surface area contributed by atoms with Crippen LogP contribution in [-0.2, 0) is 9.53 Å². The number of anilines is 2. The van der Waals surface area contributed by atoms with E-state index < -0.39 is 12.0 Å². The van der Waals surface area contributed by atoms with Crippen molar-refractivity contribution in [2.24, 2.45) is 0 Å². The van der Waals surface area contributed by atoms with Gasteiger partial charge in [0.05, 0.1) is 23.9 Å². The van der Waals surface area contributed by atoms with Crippen LogP contribution in [0.1, 0.15) is 22.8 Å². The highest BCUT2D eigenvalue weighted by Gasteiger charge is 2.14. The molecular formula is C18H17N3O3. The number of benzene rings is 2. The van der Waals surface area contributed by atoms with E-state index in [1.807, 2.05) is 6.07 Å². The van der Waals surface area contributed by atoms with Crippen LogP contribution in [0.4, 0.5) is 11.4 Å². The summed E-state index contributed by atoms with van der Waals surface area (Å²) in [6, 6.07) is 14.9. The molecule has 0 saturated carbocycles. The molecule has 2 rings (SSSR count). The lowest BCUT2D eigenvalue weighted by Crippen LogP contribution is -2.32. The van der Waals surface area contributed by atoms with E-state index in [0.29, 0.717) is 22.5 Å². The monoisotopic (exact) mass is 323 g/mol. The standard InChI is InChI=1S/C18H17N3O3/c1-12(17(22)21-16-6-4-3-5-14(16)11-19)20-15-9-7-13(8-10-15)18(23)24-2/h3-10,12,20H,1-2H3,(H,21,22)/t12-/m1/s1. The Bertz CT molecular complexity index is 779. The maximum Gasteiger partial charge on any atom is 0.337 e. The number of esters is 1. The molecule has 0 aliphatic rings. The molecule has 0 saturated heterocycles. The predicted molar refractivity (Wildman–Crippen MR) is 90.7 cm³/mol. The lowest BCUT2D eigenvalue weighted by atomic mass is 10.1. The van der Waals surface area contributed by atoms with Crippen molar-refractivity contribution in [1.82, 2.24) is 0 Å². The number of nitrogens with zero attached hydrogens (tertiary/aromatic N) is 1. The fraction of sp³-hybridized carbons (Fsp3) is 0.167. The minimum Gasteiger partial charge on any atom is -0.465 e. The van der Waals surface area contributed by atoms with Crippen LogP contribution in [0, 0.1) is 11.3 Å². The third-order valence-corrected chi connectivity index (χ3v) is 3.39. The molecule has 0 aliphatic heterocycles. The number of rotatable bonds is 5. The predicted octanol–water partition coefficient (Wildman–Crippen LogP) is 2.78. The van der Waals surface area contributed by atoms with Gasteiger partial charge in [-0.05, 0) is 43.3 Å². The van der Waals surface area contributed by atoms with E-state index in [9.17, 15) is 9.59 Å². The highest BCUT2D eigenvalue weighted by molar-refractivity contribution is 5.97. The molecule has 1 amide bonds. The number of carbonyl (C=O) groups excluding carboxylic acids is 2. The maximum atomic E-state index is 12.2. The fourth-order valence-electron chi connectivity index (χ4n) is 2.07. The lowest BCUT2D eigenvalue weighted by Gasteiger charge is -2.16. The number of amides is 1. The van der Waals surface area contributed by atoms with E-state index in [-0.39, 0.29) is 5.91 Å². The number of carbonyl (C=O) groups is 2. The average Bonchev–Trinajstić information content (AvgIpc) is 2.62. The SMILES string of the molecule is COC(=O)c1ccc(N[C@H](C)C(=O)Nc2ccccc2C#N)cc1. The van der Waals surface area contributed by atoms with Crippen molar-refractivity contribution >= 4 is 23.3 Å². The van der Waals surface area contributed by atoms with Gasteiger partial charge in [0.25, 0.3) is 0 Å². The van der Waals surface area contributed by atoms with Gasteiger partial charge in [0.2, 0.25) is 5.91 Å². The summed E-state index contributed by atoms with van der Waals surface area (Å²) in [5, 5.41) is 14.8. The minimum atomic E-state index is -0.527. The van der Waals surface area contributed by atoms with Crippen molar-refractivity contribution in [2.75, 3.05) is 17.7 Å². The number of ether oxygens (including phenoxy) is 1. The number of para-hydroxylation sites is 1. The molecule has 24 heavy (non-hydrogen) atoms. The third-order valence-electron chi connectivity index (χ3n) is 3.39. The van der Waals surface area contributed by atoms with E-state index in [4.69, 9.17) is 5.26 Å². The zero-order valence-electron chi connectivity index (χ0n) is 13.4. The van der Waals surface area contributed by atoms with E-state index in [1.54, 1.807) is 55.5 Å². The van der Waals surface area contributed by atoms with Gasteiger partial charge in [0, 0.05) is 5.69 Å². The van der Waals surface area contributed by atoms with Crippen LogP contribution in [0.2, 0.25) is 0 Å². The second-order valence-electron chi connectivity index (χ2n) is 5.08. The van der Waals surface area contributed by atoms with Crippen molar-refractivity contribution in [1.29, 1.82) is 5.26 Å². The number of nitriles is 1. The van der Waals surface area contributed by atoms with E-state index in [1.165, 1.54) is 7.11 Å². The lowest BCUT2D eigenvalue weighted by molar-refractivity contribution is -0.116. The first-order valence-electron chi connectivity index (χ1n) is 7.30. The zero-order chi connectivity index (χ0) is 17.5. The summed E-state index contributed by atoms with van der Waals surface area (Å²) in [5.41, 5.74) is 2.00. The van der Waals surface area contributed by atoms with Crippen LogP contribution in [0.15, 0.2) is 48.5 Å². The van der Waals surface area contributed by atoms with Crippen LogP contribution in [0.3, 0.4) is 0 Å². The van der Waals surface area contributed by atoms with Gasteiger partial charge in [-0.25, -0.2) is 4.79 Å². The van der Waals surface area contributed by atoms with Crippen LogP contribution in [0.5, 0.6) is 0 Å². The molecule has 0 aliphatic carbocycles. The zero-order valence-corrected chi connectivity index (χ0v) is 13.4. The maximum absolute atomic E-state index is 12.2. The van der Waals surface area contributed by atoms with Crippen LogP contribution in [-0.4, -0.2) is 25.0 Å². The normalized spacial score (nSPS) is 11.0. The summed E-state index contributed by atoms with van der Waals surface area (Å²) in [4.78, 5) is 23.6. The van der Waals surface area contributed by atoms with Crippen LogP contribution >= 0.6 is 0 Å². The van der Waals surface area contributed by atoms with E-state index >= 15 is 0 Å². The number of hydrogen-bond acceptors (Lipinski definition) is 5. The van der Waals surface area contributed by atoms with Crippen molar-refractivity contribution in [3.05, 3.63) is 59.7 Å². The highest BCUT2D eigenvalue weighted by Crippen LogP contribution is 2.15. The summed E-state index contributed by atoms with van der Waals surface area (Å²) >= 11 is 0. The van der Waals surface area contributed by atoms with E-state index in [2.05, 4.69) is 15.4 Å². The van der Waals surface area contributed by atoms with Crippen molar-refractivity contribution < 1.29 is 14.3 Å². The van der Waals surface area contributed by atoms with Crippen LogP contribution in [0.25, 0.3) is 0 Å². The Labute approximate surface area is 140 Å². The van der Waals surface area contributed by atoms with Gasteiger partial charge < -0.3 is 15.4 Å². The van der Waals surface area contributed by atoms with E-state index in [0.717, 1.165) is 0 Å². The van der Waals surface area contributed by atoms with Gasteiger partial charge in [-0.3, -0.25) is 4.79 Å². The largest absolute Gasteiger partial charge is 0.465 e. The average molecular weight is 323 g/mol. The van der Waals surface area contributed by atoms with Gasteiger partial charge >= 0.3 is 5.97 Å². The van der Waals surface area contributed by atoms with Crippen molar-refractivity contribution in [3.8, 4) is 6.07 Å². The van der Waals surface area contributed by atoms with Gasteiger partial charge in [-0.2, -0.15) is 5.26 Å². The van der Waals surface area contributed by atoms with Crippen LogP contribution < -0.4 is 10.6 Å². The molecule has 2 aromatic rings. The summed E-state index contributed by atoms with van der Waals surface area (Å²) in [6.45, 7) is 1.71. The molecule has 0 spiro atoms. The summed E-state index contributed by atoms with van der Waals surface area (Å²) in [7, 11) is 1.32. The Balaban J connectivity index is 2.01. The third kappa shape index (κ3) is 4.11. The first-order chi connectivity index (χ1) is 11.5. The molecule has 2 aromatic carbocycles.